The summed E-state index contributed by atoms with van der Waals surface area (Å²) >= 11 is 0. The van der Waals surface area contributed by atoms with Crippen molar-refractivity contribution >= 4 is 24.2 Å². The minimum absolute atomic E-state index is 0. The van der Waals surface area contributed by atoms with Crippen LogP contribution in [0.2, 0.25) is 0 Å². The second-order valence-electron chi connectivity index (χ2n) is 8.54. The van der Waals surface area contributed by atoms with E-state index >= 15 is 0 Å². The first kappa shape index (κ1) is 25.5. The topological polar surface area (TPSA) is 81.7 Å². The first-order chi connectivity index (χ1) is 14.3. The predicted molar refractivity (Wildman–Crippen MR) is 116 cm³/mol. The van der Waals surface area contributed by atoms with Gasteiger partial charge in [-0.05, 0) is 62.3 Å². The summed E-state index contributed by atoms with van der Waals surface area (Å²) in [6.45, 7) is 3.59. The van der Waals surface area contributed by atoms with Crippen molar-refractivity contribution in [2.24, 2.45) is 5.92 Å². The van der Waals surface area contributed by atoms with Gasteiger partial charge in [0.1, 0.15) is 11.6 Å². The van der Waals surface area contributed by atoms with Crippen LogP contribution in [0.4, 0.5) is 8.78 Å². The molecule has 0 saturated carbocycles. The maximum Gasteiger partial charge on any atom is 0.222 e. The Morgan fingerprint density at radius 2 is 1.84 bits per heavy atom. The first-order valence-electron chi connectivity index (χ1n) is 10.7. The number of nitrogens with one attached hydrogen (secondary N) is 2. The third-order valence-electron chi connectivity index (χ3n) is 6.02. The summed E-state index contributed by atoms with van der Waals surface area (Å²) in [4.78, 5) is 26.1. The lowest BCUT2D eigenvalue weighted by Gasteiger charge is -2.29. The number of aliphatic hydroxyl groups excluding tert-OH is 1. The number of likely N-dealkylation sites (tertiary alicyclic amines) is 1. The molecule has 2 aliphatic rings. The molecule has 4 atom stereocenters. The standard InChI is InChI=1S/C22H31F2N3O3.ClH/c1-14(28)26-20(9-15-7-17(23)12-18(24)8-15)22(30)19-10-16(13-25-19)11-21(29)27-5-3-2-4-6-27;/h7-8,12,16,19-20,22,25,30H,2-6,9-11,13H2,1H3,(H,26,28);1H/t16-,19-,20+,22+;/m1./s1. The second kappa shape index (κ2) is 11.7. The number of carbonyl (C=O) groups is 2. The minimum Gasteiger partial charge on any atom is -0.389 e. The zero-order valence-electron chi connectivity index (χ0n) is 17.8. The van der Waals surface area contributed by atoms with E-state index in [1.807, 2.05) is 4.90 Å². The third-order valence-corrected chi connectivity index (χ3v) is 6.02. The molecule has 2 heterocycles. The normalized spacial score (nSPS) is 23.0. The fourth-order valence-electron chi connectivity index (χ4n) is 4.56. The van der Waals surface area contributed by atoms with Gasteiger partial charge in [-0.25, -0.2) is 8.78 Å². The van der Waals surface area contributed by atoms with Gasteiger partial charge in [0, 0.05) is 38.5 Å². The minimum atomic E-state index is -0.949. The summed E-state index contributed by atoms with van der Waals surface area (Å²) in [7, 11) is 0. The number of hydrogen-bond acceptors (Lipinski definition) is 4. The van der Waals surface area contributed by atoms with E-state index in [0.29, 0.717) is 24.9 Å². The van der Waals surface area contributed by atoms with Gasteiger partial charge < -0.3 is 20.6 Å². The second-order valence-corrected chi connectivity index (χ2v) is 8.54. The van der Waals surface area contributed by atoms with Crippen LogP contribution >= 0.6 is 12.4 Å². The fraction of sp³-hybridized carbons (Fsp3) is 0.636. The van der Waals surface area contributed by atoms with Crippen LogP contribution in [0.3, 0.4) is 0 Å². The Kier molecular flexibility index (Phi) is 9.65. The maximum absolute atomic E-state index is 13.5. The maximum atomic E-state index is 13.5. The number of piperidine rings is 1. The van der Waals surface area contributed by atoms with Gasteiger partial charge in [0.05, 0.1) is 12.1 Å². The molecule has 1 aromatic carbocycles. The average molecular weight is 460 g/mol. The number of aliphatic hydroxyl groups is 1. The highest BCUT2D eigenvalue weighted by Crippen LogP contribution is 2.24. The lowest BCUT2D eigenvalue weighted by Crippen LogP contribution is -2.51. The Labute approximate surface area is 188 Å². The molecule has 2 aliphatic heterocycles. The molecule has 0 radical (unpaired) electrons. The Balaban J connectivity index is 0.00000341. The van der Waals surface area contributed by atoms with Crippen LogP contribution in [0.15, 0.2) is 18.2 Å². The average Bonchev–Trinajstić information content (AvgIpc) is 3.15. The van der Waals surface area contributed by atoms with Crippen LogP contribution < -0.4 is 10.6 Å². The molecule has 2 saturated heterocycles. The monoisotopic (exact) mass is 459 g/mol. The van der Waals surface area contributed by atoms with E-state index in [1.54, 1.807) is 0 Å². The summed E-state index contributed by atoms with van der Waals surface area (Å²) in [6, 6.07) is 2.19. The number of hydrogen-bond donors (Lipinski definition) is 3. The summed E-state index contributed by atoms with van der Waals surface area (Å²) in [6.07, 6.45) is 3.47. The van der Waals surface area contributed by atoms with Gasteiger partial charge in [0.2, 0.25) is 11.8 Å². The van der Waals surface area contributed by atoms with Crippen LogP contribution in [0.1, 0.15) is 44.6 Å². The fourth-order valence-corrected chi connectivity index (χ4v) is 4.56. The summed E-state index contributed by atoms with van der Waals surface area (Å²) in [5.41, 5.74) is 0.361. The molecule has 2 amide bonds. The highest BCUT2D eigenvalue weighted by molar-refractivity contribution is 5.85. The van der Waals surface area contributed by atoms with Gasteiger partial charge in [0.15, 0.2) is 0 Å². The van der Waals surface area contributed by atoms with Crippen LogP contribution in [-0.2, 0) is 16.0 Å². The van der Waals surface area contributed by atoms with Crippen molar-refractivity contribution < 1.29 is 23.5 Å². The zero-order valence-corrected chi connectivity index (χ0v) is 18.6. The molecule has 31 heavy (non-hydrogen) atoms. The SMILES string of the molecule is CC(=O)N[C@@H](Cc1cc(F)cc(F)c1)[C@@H](O)[C@H]1C[C@H](CC(=O)N2CCCCC2)CN1.Cl. The van der Waals surface area contributed by atoms with Gasteiger partial charge >= 0.3 is 0 Å². The molecule has 174 valence electrons. The van der Waals surface area contributed by atoms with E-state index in [0.717, 1.165) is 32.0 Å². The molecule has 0 unspecified atom stereocenters. The Morgan fingerprint density at radius 1 is 1.19 bits per heavy atom. The highest BCUT2D eigenvalue weighted by atomic mass is 35.5. The van der Waals surface area contributed by atoms with Gasteiger partial charge in [-0.15, -0.1) is 12.4 Å². The molecule has 3 rings (SSSR count). The molecule has 0 aromatic heterocycles. The van der Waals surface area contributed by atoms with E-state index < -0.39 is 23.8 Å². The van der Waals surface area contributed by atoms with E-state index in [1.165, 1.54) is 25.5 Å². The summed E-state index contributed by atoms with van der Waals surface area (Å²) < 4.78 is 27.1. The number of benzene rings is 1. The Morgan fingerprint density at radius 3 is 2.45 bits per heavy atom. The number of halogens is 3. The van der Waals surface area contributed by atoms with Crippen LogP contribution in [0.5, 0.6) is 0 Å². The van der Waals surface area contributed by atoms with E-state index in [2.05, 4.69) is 10.6 Å². The van der Waals surface area contributed by atoms with Crippen molar-refractivity contribution in [2.45, 2.75) is 63.6 Å². The number of rotatable bonds is 7. The molecule has 0 bridgehead atoms. The van der Waals surface area contributed by atoms with Crippen molar-refractivity contribution in [1.29, 1.82) is 0 Å². The van der Waals surface area contributed by atoms with Crippen molar-refractivity contribution in [1.82, 2.24) is 15.5 Å². The van der Waals surface area contributed by atoms with Gasteiger partial charge in [0.25, 0.3) is 0 Å². The Bertz CT molecular complexity index is 741. The highest BCUT2D eigenvalue weighted by Gasteiger charge is 2.35. The molecule has 3 N–H and O–H groups in total. The molecule has 6 nitrogen and oxygen atoms in total. The van der Waals surface area contributed by atoms with Gasteiger partial charge in [-0.2, -0.15) is 0 Å². The first-order valence-corrected chi connectivity index (χ1v) is 10.7. The molecule has 2 fully saturated rings. The number of nitrogens with zero attached hydrogens (tertiary/aromatic N) is 1. The van der Waals surface area contributed by atoms with Crippen LogP contribution in [0.25, 0.3) is 0 Å². The third kappa shape index (κ3) is 7.40. The summed E-state index contributed by atoms with van der Waals surface area (Å²) in [5.74, 6) is -1.45. The molecular weight excluding hydrogens is 428 g/mol. The van der Waals surface area contributed by atoms with Gasteiger partial charge in [-0.1, -0.05) is 0 Å². The van der Waals surface area contributed by atoms with Crippen molar-refractivity contribution in [3.8, 4) is 0 Å². The van der Waals surface area contributed by atoms with E-state index in [4.69, 9.17) is 0 Å². The lowest BCUT2D eigenvalue weighted by atomic mass is 9.92. The quantitative estimate of drug-likeness (QED) is 0.583. The van der Waals surface area contributed by atoms with E-state index in [9.17, 15) is 23.5 Å². The largest absolute Gasteiger partial charge is 0.389 e. The van der Waals surface area contributed by atoms with Crippen LogP contribution in [-0.4, -0.2) is 59.6 Å². The van der Waals surface area contributed by atoms with Crippen molar-refractivity contribution in [3.63, 3.8) is 0 Å². The molecule has 0 aliphatic carbocycles. The van der Waals surface area contributed by atoms with Crippen molar-refractivity contribution in [3.05, 3.63) is 35.4 Å². The molecule has 1 aromatic rings. The molecular formula is C22H32ClF2N3O3. The van der Waals surface area contributed by atoms with Crippen LogP contribution in [0, 0.1) is 17.6 Å². The summed E-state index contributed by atoms with van der Waals surface area (Å²) in [5, 5.41) is 16.9. The predicted octanol–water partition coefficient (Wildman–Crippen LogP) is 2.18. The zero-order chi connectivity index (χ0) is 21.7. The number of carbonyl (C=O) groups excluding carboxylic acids is 2. The van der Waals surface area contributed by atoms with E-state index in [-0.39, 0.29) is 42.6 Å². The smallest absolute Gasteiger partial charge is 0.222 e. The van der Waals surface area contributed by atoms with Crippen molar-refractivity contribution in [2.75, 3.05) is 19.6 Å². The Hall–Kier alpha value is -1.77. The van der Waals surface area contributed by atoms with Gasteiger partial charge in [-0.3, -0.25) is 9.59 Å². The lowest BCUT2D eigenvalue weighted by molar-refractivity contribution is -0.133. The molecule has 0 spiro atoms. The molecule has 9 heteroatoms. The number of amides is 2.